The second-order valence-electron chi connectivity index (χ2n) is 5.47. The number of thioether (sulfide) groups is 1. The second kappa shape index (κ2) is 7.13. The first-order valence-corrected chi connectivity index (χ1v) is 9.95. The van der Waals surface area contributed by atoms with Crippen LogP contribution in [0.25, 0.3) is 0 Å². The molecule has 1 fully saturated rings. The third-order valence-corrected chi connectivity index (χ3v) is 6.07. The number of hydrogen-bond donors (Lipinski definition) is 3. The van der Waals surface area contributed by atoms with Crippen LogP contribution >= 0.6 is 11.8 Å². The molecule has 2 rings (SSSR count). The molecule has 3 N–H and O–H groups in total. The monoisotopic (exact) mass is 332 g/mol. The topological polar surface area (TPSA) is 86.9 Å². The lowest BCUT2D eigenvalue weighted by atomic mass is 10.2. The van der Waals surface area contributed by atoms with Crippen molar-refractivity contribution < 1.29 is 8.42 Å². The molecule has 120 valence electrons. The van der Waals surface area contributed by atoms with Crippen LogP contribution in [0.2, 0.25) is 0 Å². The van der Waals surface area contributed by atoms with Gasteiger partial charge in [0.25, 0.3) is 10.0 Å². The van der Waals surface area contributed by atoms with E-state index in [0.717, 1.165) is 22.8 Å². The van der Waals surface area contributed by atoms with Crippen molar-refractivity contribution in [2.24, 2.45) is 0 Å². The zero-order chi connectivity index (χ0) is 15.5. The number of nitrogens with zero attached hydrogens (tertiary/aromatic N) is 1. The Hall–Kier alpha value is -0.570. The second-order valence-corrected chi connectivity index (χ2v) is 8.42. The highest BCUT2D eigenvalue weighted by atomic mass is 32.2. The van der Waals surface area contributed by atoms with Crippen LogP contribution in [0.1, 0.15) is 37.9 Å². The molecule has 0 bridgehead atoms. The van der Waals surface area contributed by atoms with E-state index in [-0.39, 0.29) is 11.1 Å². The lowest BCUT2D eigenvalue weighted by Crippen LogP contribution is -2.35. The molecular formula is C13H24N4O2S2. The van der Waals surface area contributed by atoms with E-state index in [9.17, 15) is 8.42 Å². The Bertz CT molecular complexity index is 567. The molecule has 1 aliphatic rings. The van der Waals surface area contributed by atoms with Gasteiger partial charge in [0, 0.05) is 35.6 Å². The number of aromatic nitrogens is 2. The van der Waals surface area contributed by atoms with Crippen molar-refractivity contribution in [3.63, 3.8) is 0 Å². The molecule has 8 heteroatoms. The van der Waals surface area contributed by atoms with Gasteiger partial charge in [-0.15, -0.1) is 0 Å². The number of aromatic amines is 1. The Morgan fingerprint density at radius 3 is 2.81 bits per heavy atom. The standard InChI is InChI=1S/C13H24N4O2S2/c1-4-20-8-9(2)17-21(18,19)13-12(10(3)15-16-13)7-14-11-5-6-11/h9,11,14,17H,4-8H2,1-3H3,(H,15,16). The van der Waals surface area contributed by atoms with Crippen molar-refractivity contribution in [3.8, 4) is 0 Å². The fraction of sp³-hybridized carbons (Fsp3) is 0.769. The van der Waals surface area contributed by atoms with Crippen LogP contribution in [0.3, 0.4) is 0 Å². The summed E-state index contributed by atoms with van der Waals surface area (Å²) in [6, 6.07) is 0.420. The average molecular weight is 332 g/mol. The summed E-state index contributed by atoms with van der Waals surface area (Å²) in [6.07, 6.45) is 2.34. The molecule has 6 nitrogen and oxygen atoms in total. The van der Waals surface area contributed by atoms with E-state index in [4.69, 9.17) is 0 Å². The van der Waals surface area contributed by atoms with Crippen LogP contribution in [-0.4, -0.2) is 42.2 Å². The summed E-state index contributed by atoms with van der Waals surface area (Å²) in [4.78, 5) is 0. The summed E-state index contributed by atoms with van der Waals surface area (Å²) in [5.41, 5.74) is 1.55. The van der Waals surface area contributed by atoms with Gasteiger partial charge in [-0.25, -0.2) is 13.1 Å². The Kier molecular flexibility index (Phi) is 5.70. The lowest BCUT2D eigenvalue weighted by Gasteiger charge is -2.13. The van der Waals surface area contributed by atoms with Crippen LogP contribution < -0.4 is 10.0 Å². The molecule has 1 saturated carbocycles. The zero-order valence-corrected chi connectivity index (χ0v) is 14.4. The molecule has 0 aliphatic heterocycles. The summed E-state index contributed by atoms with van der Waals surface area (Å²) in [7, 11) is -3.57. The van der Waals surface area contributed by atoms with Gasteiger partial charge in [0.2, 0.25) is 0 Å². The lowest BCUT2D eigenvalue weighted by molar-refractivity contribution is 0.563. The van der Waals surface area contributed by atoms with E-state index in [0.29, 0.717) is 12.6 Å². The number of hydrogen-bond acceptors (Lipinski definition) is 5. The predicted molar refractivity (Wildman–Crippen MR) is 86.0 cm³/mol. The SMILES string of the molecule is CCSCC(C)NS(=O)(=O)c1n[nH]c(C)c1CNC1CC1. The zero-order valence-electron chi connectivity index (χ0n) is 12.8. The van der Waals surface area contributed by atoms with Gasteiger partial charge in [0.15, 0.2) is 5.03 Å². The quantitative estimate of drug-likeness (QED) is 0.636. The van der Waals surface area contributed by atoms with Crippen molar-refractivity contribution in [1.29, 1.82) is 0 Å². The Morgan fingerprint density at radius 2 is 2.19 bits per heavy atom. The molecule has 1 atom stereocenters. The van der Waals surface area contributed by atoms with Crippen LogP contribution in [-0.2, 0) is 16.6 Å². The summed E-state index contributed by atoms with van der Waals surface area (Å²) < 4.78 is 27.6. The summed E-state index contributed by atoms with van der Waals surface area (Å²) in [5.74, 6) is 1.74. The molecule has 1 aliphatic carbocycles. The van der Waals surface area contributed by atoms with Gasteiger partial charge in [-0.05, 0) is 32.4 Å². The Morgan fingerprint density at radius 1 is 1.48 bits per heavy atom. The average Bonchev–Trinajstić information content (AvgIpc) is 3.16. The first kappa shape index (κ1) is 16.8. The molecule has 21 heavy (non-hydrogen) atoms. The summed E-state index contributed by atoms with van der Waals surface area (Å²) in [6.45, 7) is 6.33. The van der Waals surface area contributed by atoms with Gasteiger partial charge >= 0.3 is 0 Å². The van der Waals surface area contributed by atoms with Gasteiger partial charge in [-0.3, -0.25) is 5.10 Å². The highest BCUT2D eigenvalue weighted by molar-refractivity contribution is 7.99. The van der Waals surface area contributed by atoms with Crippen molar-refractivity contribution in [2.75, 3.05) is 11.5 Å². The van der Waals surface area contributed by atoms with Crippen molar-refractivity contribution in [1.82, 2.24) is 20.2 Å². The minimum absolute atomic E-state index is 0.110. The third-order valence-electron chi connectivity index (χ3n) is 3.36. The third kappa shape index (κ3) is 4.70. The Balaban J connectivity index is 2.07. The highest BCUT2D eigenvalue weighted by Gasteiger charge is 2.27. The van der Waals surface area contributed by atoms with Crippen molar-refractivity contribution in [2.45, 2.75) is 57.3 Å². The van der Waals surface area contributed by atoms with E-state index in [1.165, 1.54) is 12.8 Å². The number of nitrogens with one attached hydrogen (secondary N) is 3. The maximum Gasteiger partial charge on any atom is 0.260 e. The number of rotatable bonds is 9. The number of sulfonamides is 1. The van der Waals surface area contributed by atoms with Crippen LogP contribution in [0.5, 0.6) is 0 Å². The van der Waals surface area contributed by atoms with Gasteiger partial charge in [-0.2, -0.15) is 16.9 Å². The van der Waals surface area contributed by atoms with E-state index in [1.807, 2.05) is 13.8 Å². The van der Waals surface area contributed by atoms with Gasteiger partial charge in [0.1, 0.15) is 0 Å². The molecule has 0 saturated heterocycles. The smallest absolute Gasteiger partial charge is 0.260 e. The van der Waals surface area contributed by atoms with Gasteiger partial charge < -0.3 is 5.32 Å². The largest absolute Gasteiger partial charge is 0.310 e. The fourth-order valence-electron chi connectivity index (χ4n) is 2.04. The maximum absolute atomic E-state index is 12.5. The molecule has 0 radical (unpaired) electrons. The molecule has 1 unspecified atom stereocenters. The molecule has 1 aromatic heterocycles. The normalized spacial score (nSPS) is 17.1. The number of H-pyrrole nitrogens is 1. The van der Waals surface area contributed by atoms with Crippen molar-refractivity contribution >= 4 is 21.8 Å². The minimum atomic E-state index is -3.57. The van der Waals surface area contributed by atoms with E-state index < -0.39 is 10.0 Å². The maximum atomic E-state index is 12.5. The number of aryl methyl sites for hydroxylation is 1. The Labute approximate surface area is 130 Å². The fourth-order valence-corrected chi connectivity index (χ4v) is 4.26. The molecule has 0 aromatic carbocycles. The van der Waals surface area contributed by atoms with E-state index in [2.05, 4.69) is 27.2 Å². The van der Waals surface area contributed by atoms with E-state index in [1.54, 1.807) is 11.8 Å². The first-order valence-electron chi connectivity index (χ1n) is 7.31. The van der Waals surface area contributed by atoms with Crippen LogP contribution in [0.15, 0.2) is 5.03 Å². The van der Waals surface area contributed by atoms with Crippen molar-refractivity contribution in [3.05, 3.63) is 11.3 Å². The minimum Gasteiger partial charge on any atom is -0.310 e. The van der Waals surface area contributed by atoms with Crippen LogP contribution in [0.4, 0.5) is 0 Å². The van der Waals surface area contributed by atoms with E-state index >= 15 is 0 Å². The van der Waals surface area contributed by atoms with Gasteiger partial charge in [0.05, 0.1) is 0 Å². The molecular weight excluding hydrogens is 308 g/mol. The molecule has 1 heterocycles. The van der Waals surface area contributed by atoms with Gasteiger partial charge in [-0.1, -0.05) is 6.92 Å². The molecule has 0 amide bonds. The molecule has 0 spiro atoms. The molecule has 1 aromatic rings. The first-order chi connectivity index (χ1) is 9.94. The predicted octanol–water partition coefficient (Wildman–Crippen LogP) is 1.39. The summed E-state index contributed by atoms with van der Waals surface area (Å²) in [5, 5.41) is 10.3. The summed E-state index contributed by atoms with van der Waals surface area (Å²) >= 11 is 1.72. The van der Waals surface area contributed by atoms with Crippen LogP contribution in [0, 0.1) is 6.92 Å². The highest BCUT2D eigenvalue weighted by Crippen LogP contribution is 2.22.